The molecule has 0 aromatic heterocycles. The maximum atomic E-state index is 12.2. The van der Waals surface area contributed by atoms with Crippen LogP contribution in [-0.4, -0.2) is 25.7 Å². The van der Waals surface area contributed by atoms with Gasteiger partial charge in [-0.3, -0.25) is 4.79 Å². The molecule has 0 saturated heterocycles. The van der Waals surface area contributed by atoms with Crippen LogP contribution in [-0.2, 0) is 16.1 Å². The van der Waals surface area contributed by atoms with Gasteiger partial charge in [-0.25, -0.2) is 0 Å². The van der Waals surface area contributed by atoms with E-state index < -0.39 is 0 Å². The minimum atomic E-state index is -0.117. The number of benzene rings is 2. The molecule has 0 radical (unpaired) electrons. The van der Waals surface area contributed by atoms with Crippen molar-refractivity contribution >= 4 is 23.6 Å². The molecule has 0 aliphatic carbocycles. The molecule has 1 heterocycles. The van der Waals surface area contributed by atoms with Crippen LogP contribution < -0.4 is 10.1 Å². The second-order valence-corrected chi connectivity index (χ2v) is 6.22. The minimum Gasteiger partial charge on any atom is -0.488 e. The van der Waals surface area contributed by atoms with E-state index in [1.165, 1.54) is 0 Å². The summed E-state index contributed by atoms with van der Waals surface area (Å²) < 4.78 is 11.2. The summed E-state index contributed by atoms with van der Waals surface area (Å²) in [5.41, 5.74) is 2.57. The lowest BCUT2D eigenvalue weighted by Crippen LogP contribution is -2.29. The van der Waals surface area contributed by atoms with Crippen molar-refractivity contribution in [2.24, 2.45) is 0 Å². The third-order valence-electron chi connectivity index (χ3n) is 3.84. The molecule has 0 saturated carbocycles. The topological polar surface area (TPSA) is 47.6 Å². The van der Waals surface area contributed by atoms with Crippen LogP contribution in [0.5, 0.6) is 5.75 Å². The van der Waals surface area contributed by atoms with E-state index in [2.05, 4.69) is 5.32 Å². The van der Waals surface area contributed by atoms with E-state index in [1.54, 1.807) is 12.1 Å². The molecule has 1 amide bonds. The van der Waals surface area contributed by atoms with Gasteiger partial charge >= 0.3 is 0 Å². The van der Waals surface area contributed by atoms with Gasteiger partial charge in [0.05, 0.1) is 12.2 Å². The van der Waals surface area contributed by atoms with E-state index in [9.17, 15) is 4.79 Å². The molecule has 3 rings (SSSR count). The maximum absolute atomic E-state index is 12.2. The fraction of sp³-hybridized carbons (Fsp3) is 0.250. The highest BCUT2D eigenvalue weighted by molar-refractivity contribution is 6.30. The highest BCUT2D eigenvalue weighted by Gasteiger charge is 2.17. The lowest BCUT2D eigenvalue weighted by molar-refractivity contribution is -0.117. The molecule has 2 aromatic carbocycles. The van der Waals surface area contributed by atoms with Crippen LogP contribution in [0.15, 0.2) is 54.1 Å². The van der Waals surface area contributed by atoms with E-state index in [1.807, 2.05) is 42.5 Å². The van der Waals surface area contributed by atoms with Gasteiger partial charge < -0.3 is 14.8 Å². The Bertz CT molecular complexity index is 759. The highest BCUT2D eigenvalue weighted by atomic mass is 35.5. The fourth-order valence-electron chi connectivity index (χ4n) is 2.53. The molecule has 0 bridgehead atoms. The molecule has 0 atom stereocenters. The molecule has 25 heavy (non-hydrogen) atoms. The molecule has 130 valence electrons. The first kappa shape index (κ1) is 17.5. The fourth-order valence-corrected chi connectivity index (χ4v) is 2.71. The number of ether oxygens (including phenoxy) is 2. The number of fused-ring (bicyclic) bond motifs is 1. The molecule has 2 aromatic rings. The number of carbonyl (C=O) groups is 1. The van der Waals surface area contributed by atoms with Gasteiger partial charge in [-0.05, 0) is 36.3 Å². The predicted octanol–water partition coefficient (Wildman–Crippen LogP) is 3.84. The molecule has 0 spiro atoms. The van der Waals surface area contributed by atoms with Gasteiger partial charge in [-0.1, -0.05) is 41.9 Å². The molecule has 0 fully saturated rings. The van der Waals surface area contributed by atoms with Crippen molar-refractivity contribution in [1.82, 2.24) is 5.32 Å². The van der Waals surface area contributed by atoms with Crippen molar-refractivity contribution in [1.29, 1.82) is 0 Å². The molecular formula is C20H20ClNO3. The summed E-state index contributed by atoms with van der Waals surface area (Å²) in [5, 5.41) is 3.52. The number of hydrogen-bond donors (Lipinski definition) is 1. The first-order valence-electron chi connectivity index (χ1n) is 8.25. The second-order valence-electron chi connectivity index (χ2n) is 5.79. The van der Waals surface area contributed by atoms with Crippen molar-refractivity contribution < 1.29 is 14.3 Å². The van der Waals surface area contributed by atoms with E-state index in [4.69, 9.17) is 21.1 Å². The van der Waals surface area contributed by atoms with Gasteiger partial charge in [0, 0.05) is 23.7 Å². The first-order chi connectivity index (χ1) is 12.2. The van der Waals surface area contributed by atoms with Crippen molar-refractivity contribution in [2.75, 3.05) is 19.8 Å². The van der Waals surface area contributed by atoms with Crippen molar-refractivity contribution in [3.05, 3.63) is 70.3 Å². The molecule has 1 aliphatic rings. The van der Waals surface area contributed by atoms with Crippen LogP contribution in [0.2, 0.25) is 5.02 Å². The van der Waals surface area contributed by atoms with Gasteiger partial charge in [0.15, 0.2) is 0 Å². The largest absolute Gasteiger partial charge is 0.488 e. The van der Waals surface area contributed by atoms with Crippen molar-refractivity contribution in [2.45, 2.75) is 13.0 Å². The molecule has 1 N–H and O–H groups in total. The van der Waals surface area contributed by atoms with Gasteiger partial charge in [0.1, 0.15) is 12.4 Å². The van der Waals surface area contributed by atoms with Gasteiger partial charge in [0.25, 0.3) is 5.91 Å². The average molecular weight is 358 g/mol. The van der Waals surface area contributed by atoms with Crippen LogP contribution in [0.1, 0.15) is 17.5 Å². The molecule has 0 unspecified atom stereocenters. The van der Waals surface area contributed by atoms with Crippen LogP contribution >= 0.6 is 11.6 Å². The van der Waals surface area contributed by atoms with Crippen LogP contribution in [0, 0.1) is 0 Å². The quantitative estimate of drug-likeness (QED) is 0.766. The first-order valence-corrected chi connectivity index (χ1v) is 8.63. The smallest absolute Gasteiger partial charge is 0.250 e. The SMILES string of the molecule is O=C(NCCCOCc1ccccc1)C1=Cc2cc(Cl)ccc2OC1. The Labute approximate surface area is 152 Å². The number of nitrogens with one attached hydrogen (secondary N) is 1. The van der Waals surface area contributed by atoms with E-state index in [0.717, 1.165) is 23.3 Å². The molecule has 1 aliphatic heterocycles. The van der Waals surface area contributed by atoms with E-state index in [0.29, 0.717) is 30.4 Å². The maximum Gasteiger partial charge on any atom is 0.250 e. The van der Waals surface area contributed by atoms with Crippen molar-refractivity contribution in [3.8, 4) is 5.75 Å². The summed E-state index contributed by atoms with van der Waals surface area (Å²) in [4.78, 5) is 12.2. The third-order valence-corrected chi connectivity index (χ3v) is 4.07. The summed E-state index contributed by atoms with van der Waals surface area (Å²) in [6.45, 7) is 2.02. The predicted molar refractivity (Wildman–Crippen MR) is 98.6 cm³/mol. The molecule has 5 heteroatoms. The number of rotatable bonds is 7. The van der Waals surface area contributed by atoms with Crippen LogP contribution in [0.3, 0.4) is 0 Å². The summed E-state index contributed by atoms with van der Waals surface area (Å²) in [5.74, 6) is 0.629. The Balaban J connectivity index is 1.39. The zero-order valence-electron chi connectivity index (χ0n) is 13.8. The summed E-state index contributed by atoms with van der Waals surface area (Å²) >= 11 is 5.98. The number of amides is 1. The van der Waals surface area contributed by atoms with E-state index in [-0.39, 0.29) is 12.5 Å². The van der Waals surface area contributed by atoms with Gasteiger partial charge in [0.2, 0.25) is 0 Å². The lowest BCUT2D eigenvalue weighted by Gasteiger charge is -2.17. The lowest BCUT2D eigenvalue weighted by atomic mass is 10.1. The summed E-state index contributed by atoms with van der Waals surface area (Å²) in [6, 6.07) is 15.4. The molecular weight excluding hydrogens is 338 g/mol. The molecule has 4 nitrogen and oxygen atoms in total. The summed E-state index contributed by atoms with van der Waals surface area (Å²) in [7, 11) is 0. The number of carbonyl (C=O) groups excluding carboxylic acids is 1. The monoisotopic (exact) mass is 357 g/mol. The van der Waals surface area contributed by atoms with Gasteiger partial charge in [-0.2, -0.15) is 0 Å². The zero-order chi connectivity index (χ0) is 17.5. The number of hydrogen-bond acceptors (Lipinski definition) is 3. The Hall–Kier alpha value is -2.30. The van der Waals surface area contributed by atoms with Crippen LogP contribution in [0.4, 0.5) is 0 Å². The average Bonchev–Trinajstić information content (AvgIpc) is 2.64. The Morgan fingerprint density at radius 1 is 1.20 bits per heavy atom. The van der Waals surface area contributed by atoms with Crippen molar-refractivity contribution in [3.63, 3.8) is 0 Å². The third kappa shape index (κ3) is 5.08. The zero-order valence-corrected chi connectivity index (χ0v) is 14.6. The Kier molecular flexibility index (Phi) is 6.09. The highest BCUT2D eigenvalue weighted by Crippen LogP contribution is 2.28. The second kappa shape index (κ2) is 8.70. The van der Waals surface area contributed by atoms with Crippen LogP contribution in [0.25, 0.3) is 6.08 Å². The summed E-state index contributed by atoms with van der Waals surface area (Å²) in [6.07, 6.45) is 2.58. The Morgan fingerprint density at radius 2 is 2.04 bits per heavy atom. The standard InChI is InChI=1S/C20H20ClNO3/c21-18-7-8-19-16(12-18)11-17(14-25-19)20(23)22-9-4-10-24-13-15-5-2-1-3-6-15/h1-3,5-8,11-12H,4,9-10,13-14H2,(H,22,23). The van der Waals surface area contributed by atoms with E-state index >= 15 is 0 Å². The van der Waals surface area contributed by atoms with Gasteiger partial charge in [-0.15, -0.1) is 0 Å². The minimum absolute atomic E-state index is 0.117. The number of halogens is 1. The Morgan fingerprint density at radius 3 is 2.88 bits per heavy atom. The normalized spacial score (nSPS) is 12.8.